The minimum atomic E-state index is -0.435. The van der Waals surface area contributed by atoms with Crippen molar-refractivity contribution in [2.45, 2.75) is 37.8 Å². The summed E-state index contributed by atoms with van der Waals surface area (Å²) >= 11 is 1.70. The van der Waals surface area contributed by atoms with Gasteiger partial charge in [-0.1, -0.05) is 27.7 Å². The van der Waals surface area contributed by atoms with Gasteiger partial charge in [0, 0.05) is 22.9 Å². The van der Waals surface area contributed by atoms with Gasteiger partial charge in [0.05, 0.1) is 16.5 Å². The van der Waals surface area contributed by atoms with E-state index in [0.717, 1.165) is 18.0 Å². The first-order valence-corrected chi connectivity index (χ1v) is 10.8. The van der Waals surface area contributed by atoms with E-state index in [1.807, 2.05) is 18.2 Å². The molecule has 3 rings (SSSR count). The number of hydrogen-bond donors (Lipinski definition) is 0. The molecule has 0 N–H and O–H groups in total. The van der Waals surface area contributed by atoms with E-state index in [9.17, 15) is 9.59 Å². The van der Waals surface area contributed by atoms with Gasteiger partial charge in [0.2, 0.25) is 0 Å². The molecule has 0 unspecified atom stereocenters. The summed E-state index contributed by atoms with van der Waals surface area (Å²) < 4.78 is 6.81. The molecule has 0 spiro atoms. The molecule has 29 heavy (non-hydrogen) atoms. The normalized spacial score (nSPS) is 11.7. The van der Waals surface area contributed by atoms with E-state index >= 15 is 0 Å². The number of thioether (sulfide) groups is 1. The first-order chi connectivity index (χ1) is 13.9. The molecule has 3 aromatic rings. The van der Waals surface area contributed by atoms with Crippen molar-refractivity contribution >= 4 is 34.3 Å². The lowest BCUT2D eigenvalue weighted by atomic mass is 10.2. The van der Waals surface area contributed by atoms with E-state index < -0.39 is 5.97 Å². The van der Waals surface area contributed by atoms with Gasteiger partial charge in [-0.2, -0.15) is 0 Å². The molecule has 0 saturated carbocycles. The Morgan fingerprint density at radius 3 is 2.66 bits per heavy atom. The molecular weight excluding hydrogens is 386 g/mol. The zero-order valence-corrected chi connectivity index (χ0v) is 18.2. The van der Waals surface area contributed by atoms with Crippen molar-refractivity contribution in [1.82, 2.24) is 14.3 Å². The maximum Gasteiger partial charge on any atom is 0.339 e. The van der Waals surface area contributed by atoms with Gasteiger partial charge in [0.25, 0.3) is 5.56 Å². The molecule has 154 valence electrons. The second-order valence-electron chi connectivity index (χ2n) is 7.07. The van der Waals surface area contributed by atoms with Gasteiger partial charge in [-0.05, 0) is 43.4 Å². The average Bonchev–Trinajstić information content (AvgIpc) is 2.71. The highest BCUT2D eigenvalue weighted by molar-refractivity contribution is 7.99. The molecule has 1 aromatic carbocycles. The Kier molecular flexibility index (Phi) is 6.92. The van der Waals surface area contributed by atoms with E-state index in [1.165, 1.54) is 10.6 Å². The summed E-state index contributed by atoms with van der Waals surface area (Å²) in [6.45, 7) is 11.2. The summed E-state index contributed by atoms with van der Waals surface area (Å²) in [5.74, 6) is -0.435. The topological polar surface area (TPSA) is 63.9 Å². The minimum Gasteiger partial charge on any atom is -0.461 e. The van der Waals surface area contributed by atoms with Gasteiger partial charge in [0.15, 0.2) is 0 Å². The molecule has 0 radical (unpaired) electrons. The number of aromatic nitrogens is 2. The molecule has 0 aliphatic carbocycles. The molecule has 0 atom stereocenters. The number of pyridine rings is 1. The molecule has 0 aliphatic rings. The summed E-state index contributed by atoms with van der Waals surface area (Å²) in [5.41, 5.74) is 1.31. The fraction of sp³-hybridized carbons (Fsp3) is 0.409. The third-order valence-electron chi connectivity index (χ3n) is 4.72. The monoisotopic (exact) mass is 413 g/mol. The highest BCUT2D eigenvalue weighted by atomic mass is 32.2. The van der Waals surface area contributed by atoms with Gasteiger partial charge in [0.1, 0.15) is 12.3 Å². The number of hydrogen-bond acceptors (Lipinski definition) is 6. The summed E-state index contributed by atoms with van der Waals surface area (Å²) in [5, 5.41) is 0.960. The highest BCUT2D eigenvalue weighted by Gasteiger charge is 2.12. The van der Waals surface area contributed by atoms with Crippen LogP contribution in [0.1, 0.15) is 38.1 Å². The van der Waals surface area contributed by atoms with E-state index in [0.29, 0.717) is 40.5 Å². The van der Waals surface area contributed by atoms with Crippen molar-refractivity contribution in [3.8, 4) is 0 Å². The SMILES string of the molecule is CCN(CC)CCOC(=O)c1ccc2nc3ccc(SC(C)C)cc3c(=O)n2c1. The Bertz CT molecular complexity index is 1070. The van der Waals surface area contributed by atoms with Crippen molar-refractivity contribution in [3.63, 3.8) is 0 Å². The number of rotatable bonds is 8. The molecule has 2 aromatic heterocycles. The Hall–Kier alpha value is -2.38. The van der Waals surface area contributed by atoms with E-state index in [1.54, 1.807) is 23.9 Å². The van der Waals surface area contributed by atoms with E-state index in [2.05, 4.69) is 37.6 Å². The second-order valence-corrected chi connectivity index (χ2v) is 8.72. The van der Waals surface area contributed by atoms with Crippen LogP contribution >= 0.6 is 11.8 Å². The van der Waals surface area contributed by atoms with Gasteiger partial charge < -0.3 is 9.64 Å². The van der Waals surface area contributed by atoms with Gasteiger partial charge in [-0.15, -0.1) is 11.8 Å². The van der Waals surface area contributed by atoms with Crippen molar-refractivity contribution in [1.29, 1.82) is 0 Å². The molecule has 0 bridgehead atoms. The molecule has 2 heterocycles. The largest absolute Gasteiger partial charge is 0.461 e. The first-order valence-electron chi connectivity index (χ1n) is 9.95. The molecular formula is C22H27N3O3S. The Morgan fingerprint density at radius 1 is 1.21 bits per heavy atom. The van der Waals surface area contributed by atoms with Crippen LogP contribution in [-0.4, -0.2) is 51.7 Å². The fourth-order valence-electron chi connectivity index (χ4n) is 3.14. The zero-order valence-electron chi connectivity index (χ0n) is 17.3. The van der Waals surface area contributed by atoms with Crippen molar-refractivity contribution in [2.75, 3.05) is 26.2 Å². The Morgan fingerprint density at radius 2 is 1.97 bits per heavy atom. The number of ether oxygens (including phenoxy) is 1. The maximum absolute atomic E-state index is 13.0. The molecule has 0 amide bonds. The maximum atomic E-state index is 13.0. The minimum absolute atomic E-state index is 0.186. The smallest absolute Gasteiger partial charge is 0.339 e. The zero-order chi connectivity index (χ0) is 21.0. The number of likely N-dealkylation sites (N-methyl/N-ethyl adjacent to an activating group) is 1. The molecule has 0 aliphatic heterocycles. The summed E-state index contributed by atoms with van der Waals surface area (Å²) in [6.07, 6.45) is 1.52. The lowest BCUT2D eigenvalue weighted by Crippen LogP contribution is -2.28. The van der Waals surface area contributed by atoms with Crippen LogP contribution in [0.4, 0.5) is 0 Å². The van der Waals surface area contributed by atoms with Gasteiger partial charge in [-0.3, -0.25) is 9.20 Å². The molecule has 6 nitrogen and oxygen atoms in total. The summed E-state index contributed by atoms with van der Waals surface area (Å²) in [7, 11) is 0. The van der Waals surface area contributed by atoms with Crippen molar-refractivity contribution < 1.29 is 9.53 Å². The first kappa shape index (κ1) is 21.3. The van der Waals surface area contributed by atoms with E-state index in [-0.39, 0.29) is 5.56 Å². The van der Waals surface area contributed by atoms with Crippen molar-refractivity contribution in [2.24, 2.45) is 0 Å². The molecule has 7 heteroatoms. The number of nitrogens with zero attached hydrogens (tertiary/aromatic N) is 3. The number of benzene rings is 1. The summed E-state index contributed by atoms with van der Waals surface area (Å²) in [6, 6.07) is 9.06. The standard InChI is InChI=1S/C22H27N3O3S/c1-5-24(6-2)11-12-28-22(27)16-7-10-20-23-19-9-8-17(29-15(3)4)13-18(19)21(26)25(20)14-16/h7-10,13-15H,5-6,11-12H2,1-4H3. The predicted molar refractivity (Wildman–Crippen MR) is 118 cm³/mol. The van der Waals surface area contributed by atoms with Gasteiger partial charge >= 0.3 is 5.97 Å². The van der Waals surface area contributed by atoms with Crippen LogP contribution in [0.25, 0.3) is 16.6 Å². The lowest BCUT2D eigenvalue weighted by Gasteiger charge is -2.17. The Balaban J connectivity index is 1.89. The Labute approximate surface area is 174 Å². The number of carbonyl (C=O) groups is 1. The number of esters is 1. The molecule has 0 saturated heterocycles. The molecule has 0 fully saturated rings. The van der Waals surface area contributed by atoms with Crippen LogP contribution in [0.15, 0.2) is 46.2 Å². The van der Waals surface area contributed by atoms with Gasteiger partial charge in [-0.25, -0.2) is 9.78 Å². The third kappa shape index (κ3) is 4.97. The van der Waals surface area contributed by atoms with Crippen LogP contribution in [0.3, 0.4) is 0 Å². The van der Waals surface area contributed by atoms with Crippen LogP contribution in [0.5, 0.6) is 0 Å². The van der Waals surface area contributed by atoms with Crippen LogP contribution in [-0.2, 0) is 4.74 Å². The predicted octanol–water partition coefficient (Wildman–Crippen LogP) is 3.85. The summed E-state index contributed by atoms with van der Waals surface area (Å²) in [4.78, 5) is 33.2. The third-order valence-corrected chi connectivity index (χ3v) is 5.72. The van der Waals surface area contributed by atoms with Crippen LogP contribution in [0, 0.1) is 0 Å². The van der Waals surface area contributed by atoms with E-state index in [4.69, 9.17) is 4.74 Å². The fourth-order valence-corrected chi connectivity index (χ4v) is 4.02. The second kappa shape index (κ2) is 9.41. The van der Waals surface area contributed by atoms with Crippen LogP contribution in [0.2, 0.25) is 0 Å². The number of carbonyl (C=O) groups excluding carboxylic acids is 1. The highest BCUT2D eigenvalue weighted by Crippen LogP contribution is 2.25. The average molecular weight is 414 g/mol. The van der Waals surface area contributed by atoms with Crippen LogP contribution < -0.4 is 5.56 Å². The van der Waals surface area contributed by atoms with Crippen molar-refractivity contribution in [3.05, 3.63) is 52.4 Å². The number of fused-ring (bicyclic) bond motifs is 2. The lowest BCUT2D eigenvalue weighted by molar-refractivity contribution is 0.0466. The quantitative estimate of drug-likeness (QED) is 0.318.